The molecule has 0 fully saturated rings. The van der Waals surface area contributed by atoms with Gasteiger partial charge in [0.15, 0.2) is 0 Å². The topological polar surface area (TPSA) is 59.8 Å². The molecule has 1 N–H and O–H groups in total. The maximum atomic E-state index is 12.1. The summed E-state index contributed by atoms with van der Waals surface area (Å²) >= 11 is 0. The monoisotopic (exact) mass is 314 g/mol. The molecule has 0 spiro atoms. The van der Waals surface area contributed by atoms with Crippen LogP contribution in [0, 0.1) is 12.8 Å². The molecular formula is C18H26N4O. The number of hydrogen-bond donors (Lipinski definition) is 1. The third-order valence-electron chi connectivity index (χ3n) is 4.17. The number of aromatic nitrogens is 3. The summed E-state index contributed by atoms with van der Waals surface area (Å²) in [5.41, 5.74) is 3.30. The van der Waals surface area contributed by atoms with Crippen molar-refractivity contribution >= 4 is 5.91 Å². The molecule has 0 aromatic carbocycles. The number of nitrogens with zero attached hydrogens (tertiary/aromatic N) is 3. The molecule has 23 heavy (non-hydrogen) atoms. The van der Waals surface area contributed by atoms with Crippen molar-refractivity contribution in [1.82, 2.24) is 20.1 Å². The van der Waals surface area contributed by atoms with Crippen molar-refractivity contribution in [3.63, 3.8) is 0 Å². The van der Waals surface area contributed by atoms with E-state index >= 15 is 0 Å². The van der Waals surface area contributed by atoms with Crippen LogP contribution in [0.5, 0.6) is 0 Å². The zero-order valence-corrected chi connectivity index (χ0v) is 14.4. The van der Waals surface area contributed by atoms with E-state index in [1.807, 2.05) is 32.4 Å². The van der Waals surface area contributed by atoms with E-state index < -0.39 is 0 Å². The van der Waals surface area contributed by atoms with Gasteiger partial charge in [-0.15, -0.1) is 0 Å². The van der Waals surface area contributed by atoms with Gasteiger partial charge in [0.2, 0.25) is 5.91 Å². The minimum absolute atomic E-state index is 0.0859. The highest BCUT2D eigenvalue weighted by Crippen LogP contribution is 2.22. The van der Waals surface area contributed by atoms with Crippen LogP contribution in [0.3, 0.4) is 0 Å². The average Bonchev–Trinajstić information content (AvgIpc) is 2.84. The van der Waals surface area contributed by atoms with Gasteiger partial charge in [0.25, 0.3) is 0 Å². The van der Waals surface area contributed by atoms with Crippen molar-refractivity contribution in [2.24, 2.45) is 13.0 Å². The first-order valence-electron chi connectivity index (χ1n) is 8.13. The molecule has 2 heterocycles. The molecule has 0 bridgehead atoms. The lowest BCUT2D eigenvalue weighted by Crippen LogP contribution is -2.30. The van der Waals surface area contributed by atoms with Crippen LogP contribution in [0.2, 0.25) is 0 Å². The quantitative estimate of drug-likeness (QED) is 0.854. The Hall–Kier alpha value is -2.17. The van der Waals surface area contributed by atoms with Crippen LogP contribution in [-0.4, -0.2) is 27.2 Å². The summed E-state index contributed by atoms with van der Waals surface area (Å²) in [6, 6.07) is 4.01. The fraction of sp³-hybridized carbons (Fsp3) is 0.500. The van der Waals surface area contributed by atoms with Crippen LogP contribution in [0.1, 0.15) is 43.0 Å². The van der Waals surface area contributed by atoms with Crippen molar-refractivity contribution in [2.75, 3.05) is 6.54 Å². The van der Waals surface area contributed by atoms with Crippen LogP contribution in [0.15, 0.2) is 30.7 Å². The number of amides is 1. The molecule has 0 aliphatic carbocycles. The lowest BCUT2D eigenvalue weighted by atomic mass is 9.89. The Bertz CT molecular complexity index is 634. The summed E-state index contributed by atoms with van der Waals surface area (Å²) in [6.45, 7) is 6.96. The lowest BCUT2D eigenvalue weighted by molar-refractivity contribution is -0.121. The van der Waals surface area contributed by atoms with Gasteiger partial charge in [-0.25, -0.2) is 0 Å². The molecule has 2 aromatic rings. The number of nitrogens with one attached hydrogen (secondary N) is 1. The van der Waals surface area contributed by atoms with Gasteiger partial charge < -0.3 is 5.32 Å². The predicted octanol–water partition coefficient (Wildman–Crippen LogP) is 2.61. The maximum absolute atomic E-state index is 12.1. The average molecular weight is 314 g/mol. The first-order valence-corrected chi connectivity index (χ1v) is 8.13. The van der Waals surface area contributed by atoms with Crippen LogP contribution in [0.25, 0.3) is 0 Å². The first-order chi connectivity index (χ1) is 11.0. The highest BCUT2D eigenvalue weighted by Gasteiger charge is 2.17. The highest BCUT2D eigenvalue weighted by molar-refractivity contribution is 5.76. The van der Waals surface area contributed by atoms with Gasteiger partial charge >= 0.3 is 0 Å². The van der Waals surface area contributed by atoms with Gasteiger partial charge in [0.05, 0.1) is 5.69 Å². The fourth-order valence-electron chi connectivity index (χ4n) is 2.79. The zero-order valence-electron chi connectivity index (χ0n) is 14.4. The molecular weight excluding hydrogens is 288 g/mol. The van der Waals surface area contributed by atoms with Crippen LogP contribution in [0.4, 0.5) is 0 Å². The molecule has 124 valence electrons. The number of carbonyl (C=O) groups excluding carboxylic acids is 1. The number of aryl methyl sites for hydroxylation is 3. The van der Waals surface area contributed by atoms with E-state index in [0.29, 0.717) is 18.9 Å². The Morgan fingerprint density at radius 3 is 2.74 bits per heavy atom. The van der Waals surface area contributed by atoms with E-state index in [-0.39, 0.29) is 11.8 Å². The molecule has 0 aliphatic heterocycles. The third kappa shape index (κ3) is 4.91. The fourth-order valence-corrected chi connectivity index (χ4v) is 2.79. The Labute approximate surface area is 138 Å². The second-order valence-corrected chi connectivity index (χ2v) is 6.35. The smallest absolute Gasteiger partial charge is 0.220 e. The van der Waals surface area contributed by atoms with Crippen LogP contribution < -0.4 is 5.32 Å². The SMILES string of the molecule is Cc1nn(C)cc1CCC(=O)NC[C@H](c1cccnc1)C(C)C. The standard InChI is InChI=1S/C18H26N4O/c1-13(2)17(15-6-5-9-19-10-15)11-20-18(23)8-7-16-12-22(4)21-14(16)3/h5-6,9-10,12-13,17H,7-8,11H2,1-4H3,(H,20,23)/t17-/m0/s1. The van der Waals surface area contributed by atoms with Crippen molar-refractivity contribution < 1.29 is 4.79 Å². The second-order valence-electron chi connectivity index (χ2n) is 6.35. The Kier molecular flexibility index (Phi) is 5.90. The molecule has 0 aliphatic rings. The maximum Gasteiger partial charge on any atom is 0.220 e. The summed E-state index contributed by atoms with van der Waals surface area (Å²) in [6.07, 6.45) is 6.86. The number of rotatable bonds is 7. The Morgan fingerprint density at radius 2 is 2.17 bits per heavy atom. The summed E-state index contributed by atoms with van der Waals surface area (Å²) in [7, 11) is 1.90. The van der Waals surface area contributed by atoms with E-state index in [2.05, 4.69) is 35.3 Å². The number of carbonyl (C=O) groups is 1. The van der Waals surface area contributed by atoms with E-state index in [0.717, 1.165) is 17.7 Å². The molecule has 0 saturated heterocycles. The molecule has 1 amide bonds. The minimum atomic E-state index is 0.0859. The number of hydrogen-bond acceptors (Lipinski definition) is 3. The molecule has 0 radical (unpaired) electrons. The highest BCUT2D eigenvalue weighted by atomic mass is 16.1. The predicted molar refractivity (Wildman–Crippen MR) is 91.1 cm³/mol. The Morgan fingerprint density at radius 1 is 1.39 bits per heavy atom. The van der Waals surface area contributed by atoms with E-state index in [1.165, 1.54) is 5.56 Å². The molecule has 2 aromatic heterocycles. The van der Waals surface area contributed by atoms with E-state index in [9.17, 15) is 4.79 Å². The van der Waals surface area contributed by atoms with E-state index in [4.69, 9.17) is 0 Å². The molecule has 5 nitrogen and oxygen atoms in total. The van der Waals surface area contributed by atoms with Gasteiger partial charge in [0.1, 0.15) is 0 Å². The summed E-state index contributed by atoms with van der Waals surface area (Å²) in [5.74, 6) is 0.815. The van der Waals surface area contributed by atoms with E-state index in [1.54, 1.807) is 10.9 Å². The van der Waals surface area contributed by atoms with Gasteiger partial charge in [-0.3, -0.25) is 14.5 Å². The molecule has 0 saturated carbocycles. The first kappa shape index (κ1) is 17.2. The second kappa shape index (κ2) is 7.90. The van der Waals surface area contributed by atoms with Crippen molar-refractivity contribution in [3.05, 3.63) is 47.5 Å². The molecule has 5 heteroatoms. The van der Waals surface area contributed by atoms with Crippen molar-refractivity contribution in [2.45, 2.75) is 39.5 Å². The van der Waals surface area contributed by atoms with Gasteiger partial charge in [-0.05, 0) is 36.5 Å². The Balaban J connectivity index is 1.86. The summed E-state index contributed by atoms with van der Waals surface area (Å²) in [5, 5.41) is 7.37. The largest absolute Gasteiger partial charge is 0.355 e. The van der Waals surface area contributed by atoms with Crippen LogP contribution >= 0.6 is 0 Å². The van der Waals surface area contributed by atoms with Gasteiger partial charge in [0, 0.05) is 44.5 Å². The third-order valence-corrected chi connectivity index (χ3v) is 4.17. The van der Waals surface area contributed by atoms with Crippen molar-refractivity contribution in [3.8, 4) is 0 Å². The van der Waals surface area contributed by atoms with Gasteiger partial charge in [-0.2, -0.15) is 5.10 Å². The van der Waals surface area contributed by atoms with Crippen LogP contribution in [-0.2, 0) is 18.3 Å². The number of pyridine rings is 1. The zero-order chi connectivity index (χ0) is 16.8. The molecule has 1 atom stereocenters. The summed E-state index contributed by atoms with van der Waals surface area (Å²) in [4.78, 5) is 16.3. The minimum Gasteiger partial charge on any atom is -0.355 e. The molecule has 0 unspecified atom stereocenters. The normalized spacial score (nSPS) is 12.4. The van der Waals surface area contributed by atoms with Crippen molar-refractivity contribution in [1.29, 1.82) is 0 Å². The molecule has 2 rings (SSSR count). The van der Waals surface area contributed by atoms with Gasteiger partial charge in [-0.1, -0.05) is 19.9 Å². The lowest BCUT2D eigenvalue weighted by Gasteiger charge is -2.21. The summed E-state index contributed by atoms with van der Waals surface area (Å²) < 4.78 is 1.79.